The molecule has 4 N–H and O–H groups in total. The van der Waals surface area contributed by atoms with E-state index >= 15 is 0 Å². The first-order chi connectivity index (χ1) is 18.2. The van der Waals surface area contributed by atoms with Crippen molar-refractivity contribution >= 4 is 27.6 Å². The van der Waals surface area contributed by atoms with Crippen molar-refractivity contribution in [2.45, 2.75) is 25.5 Å². The van der Waals surface area contributed by atoms with E-state index in [1.54, 1.807) is 24.8 Å². The van der Waals surface area contributed by atoms with Gasteiger partial charge in [0.1, 0.15) is 17.4 Å². The van der Waals surface area contributed by atoms with Gasteiger partial charge >= 0.3 is 0 Å². The molecule has 37 heavy (non-hydrogen) atoms. The molecule has 6 aromatic rings. The third-order valence-electron chi connectivity index (χ3n) is 7.06. The van der Waals surface area contributed by atoms with Crippen molar-refractivity contribution in [3.05, 3.63) is 73.3 Å². The molecule has 0 aliphatic heterocycles. The maximum Gasteiger partial charge on any atom is 0.135 e. The fraction of sp³-hybridized carbons (Fsp3) is 0.179. The number of rotatable bonds is 6. The number of pyridine rings is 4. The van der Waals surface area contributed by atoms with Gasteiger partial charge in [0.05, 0.1) is 40.2 Å². The molecule has 7 rings (SSSR count). The predicted octanol–water partition coefficient (Wildman–Crippen LogP) is 5.16. The first kappa shape index (κ1) is 21.6. The van der Waals surface area contributed by atoms with E-state index in [4.69, 9.17) is 4.98 Å². The van der Waals surface area contributed by atoms with E-state index in [-0.39, 0.29) is 0 Å². The number of hydrogen-bond acceptors (Lipinski definition) is 7. The lowest BCUT2D eigenvalue weighted by molar-refractivity contribution is 0.0851. The van der Waals surface area contributed by atoms with E-state index in [9.17, 15) is 5.11 Å². The Morgan fingerprint density at radius 1 is 0.919 bits per heavy atom. The highest BCUT2D eigenvalue weighted by Gasteiger charge is 2.25. The third kappa shape index (κ3) is 3.89. The summed E-state index contributed by atoms with van der Waals surface area (Å²) in [7, 11) is 0. The van der Waals surface area contributed by atoms with Crippen molar-refractivity contribution in [1.82, 2.24) is 35.1 Å². The van der Waals surface area contributed by atoms with Crippen molar-refractivity contribution in [1.29, 1.82) is 0 Å². The molecular formula is C28H24N8O. The van der Waals surface area contributed by atoms with Crippen LogP contribution in [0.15, 0.2) is 73.3 Å². The minimum absolute atomic E-state index is 0.302. The number of hydrogen-bond donors (Lipinski definition) is 4. The van der Waals surface area contributed by atoms with Gasteiger partial charge in [-0.3, -0.25) is 20.1 Å². The van der Waals surface area contributed by atoms with Crippen molar-refractivity contribution in [3.63, 3.8) is 0 Å². The maximum atomic E-state index is 10.4. The zero-order chi connectivity index (χ0) is 24.8. The number of fused-ring (bicyclic) bond motifs is 2. The molecule has 182 valence electrons. The normalized spacial score (nSPS) is 14.6. The zero-order valence-corrected chi connectivity index (χ0v) is 19.9. The number of nitrogens with one attached hydrogen (secondary N) is 3. The van der Waals surface area contributed by atoms with Crippen molar-refractivity contribution in [3.8, 4) is 34.0 Å². The highest BCUT2D eigenvalue weighted by molar-refractivity contribution is 5.98. The monoisotopic (exact) mass is 488 g/mol. The second-order valence-corrected chi connectivity index (χ2v) is 9.43. The summed E-state index contributed by atoms with van der Waals surface area (Å²) in [5.41, 5.74) is 8.14. The molecule has 6 heterocycles. The summed E-state index contributed by atoms with van der Waals surface area (Å²) >= 11 is 0. The first-order valence-electron chi connectivity index (χ1n) is 12.4. The Bertz CT molecular complexity index is 1720. The van der Waals surface area contributed by atoms with E-state index < -0.39 is 6.23 Å². The lowest BCUT2D eigenvalue weighted by atomic mass is 9.84. The number of H-pyrrole nitrogens is 2. The molecule has 0 spiro atoms. The minimum Gasteiger partial charge on any atom is -0.374 e. The Balaban J connectivity index is 1.26. The number of aromatic nitrogens is 7. The van der Waals surface area contributed by atoms with E-state index in [2.05, 4.69) is 35.5 Å². The van der Waals surface area contributed by atoms with Crippen LogP contribution in [0.5, 0.6) is 0 Å². The van der Waals surface area contributed by atoms with Gasteiger partial charge in [-0.25, -0.2) is 4.98 Å². The molecule has 1 fully saturated rings. The Kier molecular flexibility index (Phi) is 5.14. The molecule has 1 unspecified atom stereocenters. The molecule has 6 aromatic heterocycles. The summed E-state index contributed by atoms with van der Waals surface area (Å²) < 4.78 is 0. The fourth-order valence-electron chi connectivity index (χ4n) is 4.84. The number of aliphatic hydroxyl groups excluding tert-OH is 1. The molecule has 9 heteroatoms. The zero-order valence-electron chi connectivity index (χ0n) is 19.9. The minimum atomic E-state index is -0.561. The summed E-state index contributed by atoms with van der Waals surface area (Å²) in [5.74, 6) is 0.302. The predicted molar refractivity (Wildman–Crippen MR) is 142 cm³/mol. The average Bonchev–Trinajstić information content (AvgIpc) is 3.52. The van der Waals surface area contributed by atoms with Gasteiger partial charge < -0.3 is 15.4 Å². The standard InChI is InChI=1S/C28H24N8O/c37-28(16-4-3-5-16)32-18-12-17(14-29-15-18)20-7-8-23-26(34-20)27(36-35-23)24-13-19-21(33-24)9-11-31-25(19)22-6-1-2-10-30-22/h1-2,6-16,28,32-33,37H,3-5H2,(H,35,36). The van der Waals surface area contributed by atoms with Crippen molar-refractivity contribution < 1.29 is 5.11 Å². The summed E-state index contributed by atoms with van der Waals surface area (Å²) in [5, 5.41) is 22.3. The lowest BCUT2D eigenvalue weighted by Gasteiger charge is -2.31. The van der Waals surface area contributed by atoms with Gasteiger partial charge in [0.25, 0.3) is 0 Å². The number of aromatic amines is 2. The Labute approximate surface area is 212 Å². The third-order valence-corrected chi connectivity index (χ3v) is 7.06. The number of anilines is 1. The van der Waals surface area contributed by atoms with Gasteiger partial charge in [0.15, 0.2) is 0 Å². The topological polar surface area (TPSA) is 128 Å². The molecule has 1 saturated carbocycles. The second-order valence-electron chi connectivity index (χ2n) is 9.43. The van der Waals surface area contributed by atoms with Gasteiger partial charge in [-0.1, -0.05) is 12.5 Å². The van der Waals surface area contributed by atoms with Crippen LogP contribution in [0.25, 0.3) is 56.0 Å². The van der Waals surface area contributed by atoms with Crippen LogP contribution in [0.2, 0.25) is 0 Å². The van der Waals surface area contributed by atoms with Crippen molar-refractivity contribution in [2.75, 3.05) is 5.32 Å². The van der Waals surface area contributed by atoms with Gasteiger partial charge in [-0.2, -0.15) is 5.10 Å². The van der Waals surface area contributed by atoms with Crippen LogP contribution in [-0.2, 0) is 0 Å². The van der Waals surface area contributed by atoms with Gasteiger partial charge in [0, 0.05) is 41.0 Å². The molecule has 0 saturated heterocycles. The molecule has 1 aliphatic carbocycles. The molecule has 1 aliphatic rings. The van der Waals surface area contributed by atoms with Crippen LogP contribution in [0, 0.1) is 5.92 Å². The van der Waals surface area contributed by atoms with Gasteiger partial charge in [-0.15, -0.1) is 0 Å². The summed E-state index contributed by atoms with van der Waals surface area (Å²) in [6.07, 6.45) is 9.77. The SMILES string of the molecule is OC(Nc1cncc(-c2ccc3[nH]nc(-c4cc5c(-c6ccccn6)nccc5[nH]4)c3n2)c1)C1CCC1. The Hall–Kier alpha value is -4.63. The van der Waals surface area contributed by atoms with Crippen LogP contribution >= 0.6 is 0 Å². The van der Waals surface area contributed by atoms with E-state index in [0.717, 1.165) is 74.5 Å². The van der Waals surface area contributed by atoms with Crippen LogP contribution < -0.4 is 5.32 Å². The molecule has 0 aromatic carbocycles. The molecule has 0 amide bonds. The fourth-order valence-corrected chi connectivity index (χ4v) is 4.84. The van der Waals surface area contributed by atoms with Crippen LogP contribution in [0.3, 0.4) is 0 Å². The summed E-state index contributed by atoms with van der Waals surface area (Å²) in [4.78, 5) is 21.8. The van der Waals surface area contributed by atoms with Crippen LogP contribution in [0.1, 0.15) is 19.3 Å². The molecule has 0 bridgehead atoms. The van der Waals surface area contributed by atoms with E-state index in [0.29, 0.717) is 5.92 Å². The quantitative estimate of drug-likeness (QED) is 0.239. The first-order valence-corrected chi connectivity index (χ1v) is 12.4. The molecule has 0 radical (unpaired) electrons. The van der Waals surface area contributed by atoms with Crippen molar-refractivity contribution in [2.24, 2.45) is 5.92 Å². The highest BCUT2D eigenvalue weighted by atomic mass is 16.3. The smallest absolute Gasteiger partial charge is 0.135 e. The lowest BCUT2D eigenvalue weighted by Crippen LogP contribution is -2.33. The number of aliphatic hydroxyl groups is 1. The highest BCUT2D eigenvalue weighted by Crippen LogP contribution is 2.33. The second kappa shape index (κ2) is 8.79. The Morgan fingerprint density at radius 2 is 1.86 bits per heavy atom. The summed E-state index contributed by atoms with van der Waals surface area (Å²) in [6, 6.07) is 15.7. The summed E-state index contributed by atoms with van der Waals surface area (Å²) in [6.45, 7) is 0. The molecule has 9 nitrogen and oxygen atoms in total. The number of nitrogens with zero attached hydrogens (tertiary/aromatic N) is 5. The van der Waals surface area contributed by atoms with Crippen LogP contribution in [-0.4, -0.2) is 46.5 Å². The van der Waals surface area contributed by atoms with Gasteiger partial charge in [-0.05, 0) is 55.3 Å². The average molecular weight is 489 g/mol. The van der Waals surface area contributed by atoms with Crippen LogP contribution in [0.4, 0.5) is 5.69 Å². The molecular weight excluding hydrogens is 464 g/mol. The molecule has 1 atom stereocenters. The van der Waals surface area contributed by atoms with E-state index in [1.807, 2.05) is 48.5 Å². The Morgan fingerprint density at radius 3 is 2.70 bits per heavy atom. The largest absolute Gasteiger partial charge is 0.374 e. The maximum absolute atomic E-state index is 10.4. The van der Waals surface area contributed by atoms with E-state index in [1.165, 1.54) is 6.42 Å². The van der Waals surface area contributed by atoms with Gasteiger partial charge in [0.2, 0.25) is 0 Å².